The van der Waals surface area contributed by atoms with E-state index >= 15 is 0 Å². The van der Waals surface area contributed by atoms with Crippen molar-refractivity contribution in [3.63, 3.8) is 0 Å². The fourth-order valence-electron chi connectivity index (χ4n) is 1.14. The van der Waals surface area contributed by atoms with Crippen LogP contribution in [0.2, 0.25) is 0 Å². The predicted octanol–water partition coefficient (Wildman–Crippen LogP) is 1.20. The number of hydrogen-bond donors (Lipinski definition) is 2. The van der Waals surface area contributed by atoms with Crippen molar-refractivity contribution in [2.45, 2.75) is 6.61 Å². The van der Waals surface area contributed by atoms with E-state index < -0.39 is 0 Å². The number of carbonyl (C=O) groups excluding carboxylic acids is 1. The number of hydrogen-bond acceptors (Lipinski definition) is 3. The molecule has 0 atom stereocenters. The smallest absolute Gasteiger partial charge is 0.265 e. The van der Waals surface area contributed by atoms with Crippen LogP contribution in [0.1, 0.15) is 15.9 Å². The minimum Gasteiger partial charge on any atom is -0.380 e. The second kappa shape index (κ2) is 5.09. The molecule has 14 heavy (non-hydrogen) atoms. The van der Waals surface area contributed by atoms with Gasteiger partial charge in [-0.25, -0.2) is 5.84 Å². The van der Waals surface area contributed by atoms with Gasteiger partial charge < -0.3 is 4.74 Å². The number of methoxy groups -OCH3 is 1. The van der Waals surface area contributed by atoms with Gasteiger partial charge in [0, 0.05) is 22.7 Å². The summed E-state index contributed by atoms with van der Waals surface area (Å²) in [5.41, 5.74) is 3.40. The summed E-state index contributed by atoms with van der Waals surface area (Å²) in [6, 6.07) is 5.32. The number of carbonyl (C=O) groups is 1. The van der Waals surface area contributed by atoms with Crippen LogP contribution in [0.25, 0.3) is 0 Å². The van der Waals surface area contributed by atoms with Crippen molar-refractivity contribution >= 4 is 21.8 Å². The fraction of sp³-hybridized carbons (Fsp3) is 0.222. The lowest BCUT2D eigenvalue weighted by atomic mass is 10.1. The van der Waals surface area contributed by atoms with Gasteiger partial charge in [0.15, 0.2) is 0 Å². The zero-order valence-corrected chi connectivity index (χ0v) is 9.30. The van der Waals surface area contributed by atoms with Crippen LogP contribution in [0.5, 0.6) is 0 Å². The lowest BCUT2D eigenvalue weighted by Crippen LogP contribution is -2.30. The van der Waals surface area contributed by atoms with Gasteiger partial charge in [0.25, 0.3) is 5.91 Å². The maximum absolute atomic E-state index is 11.3. The first-order valence-electron chi connectivity index (χ1n) is 3.98. The molecule has 0 saturated carbocycles. The van der Waals surface area contributed by atoms with Crippen LogP contribution >= 0.6 is 15.9 Å². The van der Waals surface area contributed by atoms with Crippen LogP contribution in [0.3, 0.4) is 0 Å². The lowest BCUT2D eigenvalue weighted by molar-refractivity contribution is 0.0948. The standard InChI is InChI=1S/C9H11BrN2O2/c1-14-5-7-6(9(13)12-11)3-2-4-8(7)10/h2-4H,5,11H2,1H3,(H,12,13). The van der Waals surface area contributed by atoms with Gasteiger partial charge in [-0.15, -0.1) is 0 Å². The van der Waals surface area contributed by atoms with Crippen molar-refractivity contribution in [1.82, 2.24) is 5.43 Å². The Morgan fingerprint density at radius 1 is 1.64 bits per heavy atom. The zero-order chi connectivity index (χ0) is 10.6. The second-order valence-electron chi connectivity index (χ2n) is 2.67. The maximum Gasteiger partial charge on any atom is 0.265 e. The van der Waals surface area contributed by atoms with Crippen LogP contribution in [-0.2, 0) is 11.3 Å². The highest BCUT2D eigenvalue weighted by molar-refractivity contribution is 9.10. The first-order valence-corrected chi connectivity index (χ1v) is 4.77. The quantitative estimate of drug-likeness (QED) is 0.487. The van der Waals surface area contributed by atoms with E-state index in [-0.39, 0.29) is 5.91 Å². The summed E-state index contributed by atoms with van der Waals surface area (Å²) in [6.07, 6.45) is 0. The van der Waals surface area contributed by atoms with E-state index in [1.165, 1.54) is 0 Å². The molecular weight excluding hydrogens is 248 g/mol. The molecule has 0 spiro atoms. The van der Waals surface area contributed by atoms with E-state index in [0.717, 1.165) is 10.0 Å². The predicted molar refractivity (Wildman–Crippen MR) is 56.5 cm³/mol. The fourth-order valence-corrected chi connectivity index (χ4v) is 1.62. The van der Waals surface area contributed by atoms with Gasteiger partial charge in [-0.3, -0.25) is 10.2 Å². The van der Waals surface area contributed by atoms with Crippen LogP contribution in [0, 0.1) is 0 Å². The third kappa shape index (κ3) is 2.31. The summed E-state index contributed by atoms with van der Waals surface area (Å²) in [6.45, 7) is 0.365. The van der Waals surface area contributed by atoms with Crippen molar-refractivity contribution in [2.24, 2.45) is 5.84 Å². The molecule has 0 aromatic heterocycles. The summed E-state index contributed by atoms with van der Waals surface area (Å²) < 4.78 is 5.83. The lowest BCUT2D eigenvalue weighted by Gasteiger charge is -2.09. The summed E-state index contributed by atoms with van der Waals surface area (Å²) in [4.78, 5) is 11.3. The van der Waals surface area contributed by atoms with E-state index in [9.17, 15) is 4.79 Å². The molecule has 0 bridgehead atoms. The topological polar surface area (TPSA) is 64.3 Å². The number of hydrazine groups is 1. The van der Waals surface area contributed by atoms with Gasteiger partial charge in [0.1, 0.15) is 0 Å². The van der Waals surface area contributed by atoms with Crippen molar-refractivity contribution < 1.29 is 9.53 Å². The zero-order valence-electron chi connectivity index (χ0n) is 7.71. The molecule has 1 aromatic rings. The Morgan fingerprint density at radius 2 is 2.36 bits per heavy atom. The Morgan fingerprint density at radius 3 is 2.93 bits per heavy atom. The van der Waals surface area contributed by atoms with Gasteiger partial charge in [-0.2, -0.15) is 0 Å². The van der Waals surface area contributed by atoms with Crippen molar-refractivity contribution in [3.05, 3.63) is 33.8 Å². The molecule has 0 unspecified atom stereocenters. The number of nitrogens with one attached hydrogen (secondary N) is 1. The second-order valence-corrected chi connectivity index (χ2v) is 3.53. The van der Waals surface area contributed by atoms with E-state index in [1.54, 1.807) is 19.2 Å². The monoisotopic (exact) mass is 258 g/mol. The molecule has 76 valence electrons. The molecule has 0 aliphatic carbocycles. The third-order valence-electron chi connectivity index (χ3n) is 1.78. The average molecular weight is 259 g/mol. The maximum atomic E-state index is 11.3. The summed E-state index contributed by atoms with van der Waals surface area (Å²) in [5.74, 6) is 4.74. The number of halogens is 1. The largest absolute Gasteiger partial charge is 0.380 e. The molecule has 0 aliphatic heterocycles. The number of nitrogens with two attached hydrogens (primary N) is 1. The summed E-state index contributed by atoms with van der Waals surface area (Å²) in [7, 11) is 1.57. The van der Waals surface area contributed by atoms with Crippen molar-refractivity contribution in [3.8, 4) is 0 Å². The molecule has 0 heterocycles. The molecule has 0 radical (unpaired) electrons. The molecule has 5 heteroatoms. The van der Waals surface area contributed by atoms with Crippen molar-refractivity contribution in [1.29, 1.82) is 0 Å². The highest BCUT2D eigenvalue weighted by Crippen LogP contribution is 2.21. The molecule has 0 saturated heterocycles. The van der Waals surface area contributed by atoms with Gasteiger partial charge in [0.05, 0.1) is 6.61 Å². The first kappa shape index (κ1) is 11.2. The van der Waals surface area contributed by atoms with E-state index in [4.69, 9.17) is 10.6 Å². The SMILES string of the molecule is COCc1c(Br)cccc1C(=O)NN. The van der Waals surface area contributed by atoms with Gasteiger partial charge in [-0.1, -0.05) is 22.0 Å². The molecule has 1 amide bonds. The Balaban J connectivity index is 3.13. The van der Waals surface area contributed by atoms with E-state index in [0.29, 0.717) is 12.2 Å². The number of benzene rings is 1. The average Bonchev–Trinajstić information content (AvgIpc) is 2.20. The molecule has 3 N–H and O–H groups in total. The van der Waals surface area contributed by atoms with Crippen LogP contribution in [0.15, 0.2) is 22.7 Å². The molecule has 0 fully saturated rings. The summed E-state index contributed by atoms with van der Waals surface area (Å²) in [5, 5.41) is 0. The number of rotatable bonds is 3. The number of ether oxygens (including phenoxy) is 1. The van der Waals surface area contributed by atoms with Crippen LogP contribution in [0.4, 0.5) is 0 Å². The van der Waals surface area contributed by atoms with E-state index in [2.05, 4.69) is 21.4 Å². The molecular formula is C9H11BrN2O2. The van der Waals surface area contributed by atoms with E-state index in [1.807, 2.05) is 6.07 Å². The normalized spacial score (nSPS) is 9.93. The Kier molecular flexibility index (Phi) is 4.06. The van der Waals surface area contributed by atoms with Gasteiger partial charge in [0.2, 0.25) is 0 Å². The molecule has 0 aliphatic rings. The van der Waals surface area contributed by atoms with Crippen molar-refractivity contribution in [2.75, 3.05) is 7.11 Å². The minimum atomic E-state index is -0.321. The van der Waals surface area contributed by atoms with Gasteiger partial charge >= 0.3 is 0 Å². The Bertz CT molecular complexity index is 342. The van der Waals surface area contributed by atoms with Crippen LogP contribution < -0.4 is 11.3 Å². The van der Waals surface area contributed by atoms with Gasteiger partial charge in [-0.05, 0) is 12.1 Å². The highest BCUT2D eigenvalue weighted by atomic mass is 79.9. The molecule has 1 rings (SSSR count). The molecule has 1 aromatic carbocycles. The third-order valence-corrected chi connectivity index (χ3v) is 2.53. The Hall–Kier alpha value is -0.910. The number of nitrogen functional groups attached to an aromatic ring is 1. The molecule has 4 nitrogen and oxygen atoms in total. The minimum absolute atomic E-state index is 0.321. The Labute approximate surface area is 90.5 Å². The van der Waals surface area contributed by atoms with Crippen LogP contribution in [-0.4, -0.2) is 13.0 Å². The number of amides is 1. The summed E-state index contributed by atoms with van der Waals surface area (Å²) >= 11 is 3.34. The highest BCUT2D eigenvalue weighted by Gasteiger charge is 2.12. The first-order chi connectivity index (χ1) is 6.70.